The number of hydrogen-bond donors (Lipinski definition) is 1. The molecule has 1 fully saturated rings. The molecule has 0 saturated carbocycles. The Labute approximate surface area is 99.7 Å². The largest absolute Gasteiger partial charge is 0.492 e. The van der Waals surface area contributed by atoms with E-state index >= 15 is 0 Å². The minimum atomic E-state index is -0.372. The third-order valence-electron chi connectivity index (χ3n) is 3.04. The van der Waals surface area contributed by atoms with E-state index in [1.54, 1.807) is 6.07 Å². The predicted octanol–water partition coefficient (Wildman–Crippen LogP) is 2.95. The van der Waals surface area contributed by atoms with E-state index in [1.807, 2.05) is 6.07 Å². The molecule has 1 heterocycles. The summed E-state index contributed by atoms with van der Waals surface area (Å²) < 4.78 is 18.5. The van der Waals surface area contributed by atoms with Gasteiger partial charge in [0.25, 0.3) is 0 Å². The summed E-state index contributed by atoms with van der Waals surface area (Å²) >= 11 is 5.97. The van der Waals surface area contributed by atoms with Gasteiger partial charge in [0.05, 0.1) is 12.1 Å². The van der Waals surface area contributed by atoms with E-state index in [1.165, 1.54) is 7.11 Å². The van der Waals surface area contributed by atoms with Crippen molar-refractivity contribution in [1.29, 1.82) is 0 Å². The molecule has 1 saturated heterocycles. The highest BCUT2D eigenvalue weighted by Crippen LogP contribution is 2.34. The zero-order chi connectivity index (χ0) is 11.5. The van der Waals surface area contributed by atoms with E-state index in [0.717, 1.165) is 31.5 Å². The second-order valence-electron chi connectivity index (χ2n) is 4.04. The molecule has 1 aromatic carbocycles. The van der Waals surface area contributed by atoms with E-state index < -0.39 is 0 Å². The Morgan fingerprint density at radius 3 is 2.62 bits per heavy atom. The Hall–Kier alpha value is -0.800. The van der Waals surface area contributed by atoms with Gasteiger partial charge in [-0.2, -0.15) is 0 Å². The Kier molecular flexibility index (Phi) is 3.66. The molecule has 0 aromatic heterocycles. The molecule has 0 unspecified atom stereocenters. The molecule has 1 aliphatic heterocycles. The SMILES string of the molecule is COc1c(F)cc(C2CCNCC2)cc1Cl. The maximum Gasteiger partial charge on any atom is 0.173 e. The van der Waals surface area contributed by atoms with Crippen LogP contribution in [0.5, 0.6) is 5.75 Å². The van der Waals surface area contributed by atoms with Crippen molar-refractivity contribution < 1.29 is 9.13 Å². The summed E-state index contributed by atoms with van der Waals surface area (Å²) in [6, 6.07) is 3.36. The van der Waals surface area contributed by atoms with Crippen LogP contribution in [0.2, 0.25) is 5.02 Å². The number of rotatable bonds is 2. The highest BCUT2D eigenvalue weighted by atomic mass is 35.5. The summed E-state index contributed by atoms with van der Waals surface area (Å²) in [5.41, 5.74) is 0.977. The van der Waals surface area contributed by atoms with Crippen LogP contribution in [-0.4, -0.2) is 20.2 Å². The standard InChI is InChI=1S/C12H15ClFNO/c1-16-12-10(13)6-9(7-11(12)14)8-2-4-15-5-3-8/h6-8,15H,2-5H2,1H3. The van der Waals surface area contributed by atoms with E-state index in [9.17, 15) is 4.39 Å². The van der Waals surface area contributed by atoms with Crippen LogP contribution < -0.4 is 10.1 Å². The zero-order valence-electron chi connectivity index (χ0n) is 9.22. The fraction of sp³-hybridized carbons (Fsp3) is 0.500. The summed E-state index contributed by atoms with van der Waals surface area (Å²) in [6.07, 6.45) is 2.06. The van der Waals surface area contributed by atoms with Gasteiger partial charge in [-0.05, 0) is 49.5 Å². The number of halogens is 2. The van der Waals surface area contributed by atoms with Gasteiger partial charge in [0.1, 0.15) is 0 Å². The monoisotopic (exact) mass is 243 g/mol. The molecule has 0 radical (unpaired) electrons. The lowest BCUT2D eigenvalue weighted by molar-refractivity contribution is 0.385. The molecular weight excluding hydrogens is 229 g/mol. The van der Waals surface area contributed by atoms with Crippen molar-refractivity contribution in [2.45, 2.75) is 18.8 Å². The topological polar surface area (TPSA) is 21.3 Å². The van der Waals surface area contributed by atoms with Gasteiger partial charge in [0, 0.05) is 0 Å². The molecule has 2 nitrogen and oxygen atoms in total. The van der Waals surface area contributed by atoms with Crippen molar-refractivity contribution >= 4 is 11.6 Å². The average Bonchev–Trinajstić information content (AvgIpc) is 2.30. The van der Waals surface area contributed by atoms with Crippen molar-refractivity contribution in [3.63, 3.8) is 0 Å². The van der Waals surface area contributed by atoms with Crippen molar-refractivity contribution in [3.05, 3.63) is 28.5 Å². The zero-order valence-corrected chi connectivity index (χ0v) is 9.98. The van der Waals surface area contributed by atoms with Crippen molar-refractivity contribution in [3.8, 4) is 5.75 Å². The highest BCUT2D eigenvalue weighted by Gasteiger charge is 2.18. The first-order chi connectivity index (χ1) is 7.72. The minimum Gasteiger partial charge on any atom is -0.492 e. The van der Waals surface area contributed by atoms with Crippen LogP contribution in [0.1, 0.15) is 24.3 Å². The van der Waals surface area contributed by atoms with Crippen LogP contribution in [0.3, 0.4) is 0 Å². The maximum atomic E-state index is 13.6. The number of hydrogen-bond acceptors (Lipinski definition) is 2. The molecule has 1 N–H and O–H groups in total. The molecule has 0 bridgehead atoms. The number of ether oxygens (including phenoxy) is 1. The molecule has 4 heteroatoms. The molecule has 16 heavy (non-hydrogen) atoms. The lowest BCUT2D eigenvalue weighted by atomic mass is 9.90. The smallest absolute Gasteiger partial charge is 0.173 e. The van der Waals surface area contributed by atoms with Gasteiger partial charge in [-0.3, -0.25) is 0 Å². The first kappa shape index (κ1) is 11.7. The Morgan fingerprint density at radius 1 is 1.38 bits per heavy atom. The summed E-state index contributed by atoms with van der Waals surface area (Å²) in [7, 11) is 1.43. The Morgan fingerprint density at radius 2 is 2.06 bits per heavy atom. The Bertz CT molecular complexity index is 354. The van der Waals surface area contributed by atoms with Crippen LogP contribution in [0.15, 0.2) is 12.1 Å². The molecule has 1 aromatic rings. The molecular formula is C12H15ClFNO. The molecule has 0 spiro atoms. The number of methoxy groups -OCH3 is 1. The van der Waals surface area contributed by atoms with Crippen molar-refractivity contribution in [2.24, 2.45) is 0 Å². The average molecular weight is 244 g/mol. The van der Waals surface area contributed by atoms with Gasteiger partial charge >= 0.3 is 0 Å². The van der Waals surface area contributed by atoms with Gasteiger partial charge in [0.15, 0.2) is 11.6 Å². The Balaban J connectivity index is 2.28. The fourth-order valence-electron chi connectivity index (χ4n) is 2.17. The molecule has 0 atom stereocenters. The van der Waals surface area contributed by atoms with Gasteiger partial charge in [0.2, 0.25) is 0 Å². The number of benzene rings is 1. The van der Waals surface area contributed by atoms with Crippen LogP contribution >= 0.6 is 11.6 Å². The lowest BCUT2D eigenvalue weighted by Crippen LogP contribution is -2.26. The van der Waals surface area contributed by atoms with Gasteiger partial charge in [-0.15, -0.1) is 0 Å². The lowest BCUT2D eigenvalue weighted by Gasteiger charge is -2.23. The molecule has 2 rings (SSSR count). The van der Waals surface area contributed by atoms with Crippen LogP contribution in [0.25, 0.3) is 0 Å². The third kappa shape index (κ3) is 2.30. The fourth-order valence-corrected chi connectivity index (χ4v) is 2.46. The van der Waals surface area contributed by atoms with Crippen LogP contribution in [-0.2, 0) is 0 Å². The quantitative estimate of drug-likeness (QED) is 0.862. The minimum absolute atomic E-state index is 0.138. The van der Waals surface area contributed by atoms with Gasteiger partial charge in [-0.25, -0.2) is 4.39 Å². The normalized spacial score (nSPS) is 17.4. The summed E-state index contributed by atoms with van der Waals surface area (Å²) in [5, 5.41) is 3.64. The molecule has 88 valence electrons. The van der Waals surface area contributed by atoms with E-state index in [4.69, 9.17) is 16.3 Å². The summed E-state index contributed by atoms with van der Waals surface area (Å²) in [5.74, 6) is 0.169. The third-order valence-corrected chi connectivity index (χ3v) is 3.32. The summed E-state index contributed by atoms with van der Waals surface area (Å²) in [6.45, 7) is 1.96. The maximum absolute atomic E-state index is 13.6. The van der Waals surface area contributed by atoms with E-state index in [-0.39, 0.29) is 11.6 Å². The van der Waals surface area contributed by atoms with Crippen LogP contribution in [0, 0.1) is 5.82 Å². The first-order valence-corrected chi connectivity index (χ1v) is 5.84. The predicted molar refractivity (Wildman–Crippen MR) is 62.8 cm³/mol. The molecule has 1 aliphatic rings. The number of piperidine rings is 1. The van der Waals surface area contributed by atoms with Gasteiger partial charge in [-0.1, -0.05) is 11.6 Å². The molecule has 0 amide bonds. The highest BCUT2D eigenvalue weighted by molar-refractivity contribution is 6.32. The van der Waals surface area contributed by atoms with Crippen molar-refractivity contribution in [2.75, 3.05) is 20.2 Å². The number of nitrogens with one attached hydrogen (secondary N) is 1. The van der Waals surface area contributed by atoms with Gasteiger partial charge < -0.3 is 10.1 Å². The second-order valence-corrected chi connectivity index (χ2v) is 4.45. The van der Waals surface area contributed by atoms with Crippen molar-refractivity contribution in [1.82, 2.24) is 5.32 Å². The van der Waals surface area contributed by atoms with E-state index in [0.29, 0.717) is 10.9 Å². The second kappa shape index (κ2) is 5.02. The van der Waals surface area contributed by atoms with Crippen LogP contribution in [0.4, 0.5) is 4.39 Å². The van der Waals surface area contributed by atoms with E-state index in [2.05, 4.69) is 5.32 Å². The first-order valence-electron chi connectivity index (χ1n) is 5.46. The summed E-state index contributed by atoms with van der Waals surface area (Å²) in [4.78, 5) is 0. The molecule has 0 aliphatic carbocycles.